The minimum atomic E-state index is 0.392. The van der Waals surface area contributed by atoms with Crippen molar-refractivity contribution in [2.45, 2.75) is 33.2 Å². The van der Waals surface area contributed by atoms with Crippen LogP contribution in [0.4, 0.5) is 0 Å². The molecule has 0 spiro atoms. The Balaban J connectivity index is 1.85. The van der Waals surface area contributed by atoms with Crippen molar-refractivity contribution in [2.24, 2.45) is 4.99 Å². The third kappa shape index (κ3) is 5.14. The molecule has 0 saturated carbocycles. The summed E-state index contributed by atoms with van der Waals surface area (Å²) in [7, 11) is 0. The van der Waals surface area contributed by atoms with Gasteiger partial charge in [0.2, 0.25) is 0 Å². The molecule has 0 aliphatic carbocycles. The lowest BCUT2D eigenvalue weighted by molar-refractivity contribution is 0.586. The smallest absolute Gasteiger partial charge is 0.185 e. The summed E-state index contributed by atoms with van der Waals surface area (Å²) in [5, 5.41) is 2.25. The van der Waals surface area contributed by atoms with E-state index in [4.69, 9.17) is 4.99 Å². The maximum Gasteiger partial charge on any atom is 0.185 e. The normalized spacial score (nSPS) is 12.1. The minimum Gasteiger partial charge on any atom is -0.314 e. The molecule has 0 bridgehead atoms. The SMILES string of the molecule is CCSCCCN=c1scc(-c2ccc(-c3ccccc3)cc2)n1C(C)C. The fourth-order valence-electron chi connectivity index (χ4n) is 3.09. The van der Waals surface area contributed by atoms with Crippen molar-refractivity contribution in [3.63, 3.8) is 0 Å². The highest BCUT2D eigenvalue weighted by Gasteiger charge is 2.11. The molecule has 4 heteroatoms. The zero-order valence-corrected chi connectivity index (χ0v) is 18.0. The van der Waals surface area contributed by atoms with E-state index in [0.29, 0.717) is 6.04 Å². The van der Waals surface area contributed by atoms with Crippen LogP contribution in [-0.2, 0) is 0 Å². The Labute approximate surface area is 171 Å². The summed E-state index contributed by atoms with van der Waals surface area (Å²) in [6, 6.07) is 19.8. The van der Waals surface area contributed by atoms with Gasteiger partial charge in [0.1, 0.15) is 0 Å². The molecule has 0 fully saturated rings. The lowest BCUT2D eigenvalue weighted by atomic mass is 10.0. The molecule has 0 N–H and O–H groups in total. The first-order valence-electron chi connectivity index (χ1n) is 9.64. The molecule has 3 rings (SSSR count). The van der Waals surface area contributed by atoms with E-state index in [2.05, 4.69) is 85.3 Å². The summed E-state index contributed by atoms with van der Waals surface area (Å²) < 4.78 is 2.37. The largest absolute Gasteiger partial charge is 0.314 e. The van der Waals surface area contributed by atoms with Gasteiger partial charge in [0.05, 0.1) is 5.69 Å². The molecular weight excluding hydrogens is 368 g/mol. The second kappa shape index (κ2) is 9.95. The van der Waals surface area contributed by atoms with Gasteiger partial charge in [-0.1, -0.05) is 61.5 Å². The van der Waals surface area contributed by atoms with Crippen LogP contribution in [0.3, 0.4) is 0 Å². The minimum absolute atomic E-state index is 0.392. The highest BCUT2D eigenvalue weighted by atomic mass is 32.2. The van der Waals surface area contributed by atoms with Gasteiger partial charge in [-0.15, -0.1) is 11.3 Å². The summed E-state index contributed by atoms with van der Waals surface area (Å²) in [6.07, 6.45) is 1.15. The maximum atomic E-state index is 4.88. The number of hydrogen-bond donors (Lipinski definition) is 0. The Hall–Kier alpha value is -1.78. The summed E-state index contributed by atoms with van der Waals surface area (Å²) in [5.74, 6) is 2.38. The molecule has 0 saturated heterocycles. The molecule has 0 amide bonds. The highest BCUT2D eigenvalue weighted by molar-refractivity contribution is 7.99. The zero-order valence-electron chi connectivity index (χ0n) is 16.4. The van der Waals surface area contributed by atoms with Crippen molar-refractivity contribution >= 4 is 23.1 Å². The van der Waals surface area contributed by atoms with Crippen LogP contribution in [0.1, 0.15) is 33.2 Å². The second-order valence-electron chi connectivity index (χ2n) is 6.74. The lowest BCUT2D eigenvalue weighted by Crippen LogP contribution is -2.18. The standard InChI is InChI=1S/C23H28N2S2/c1-4-26-16-8-15-24-23-25(18(2)3)22(17-27-23)21-13-11-20(12-14-21)19-9-6-5-7-10-19/h5-7,9-14,17-18H,4,8,15-16H2,1-3H3. The monoisotopic (exact) mass is 396 g/mol. The molecule has 27 heavy (non-hydrogen) atoms. The Bertz CT molecular complexity index is 890. The number of benzene rings is 2. The number of nitrogens with zero attached hydrogens (tertiary/aromatic N) is 2. The molecule has 0 aliphatic rings. The van der Waals surface area contributed by atoms with E-state index in [1.165, 1.54) is 33.9 Å². The average Bonchev–Trinajstić information content (AvgIpc) is 3.13. The average molecular weight is 397 g/mol. The van der Waals surface area contributed by atoms with Gasteiger partial charge in [-0.3, -0.25) is 4.99 Å². The van der Waals surface area contributed by atoms with Crippen molar-refractivity contribution in [3.8, 4) is 22.4 Å². The Morgan fingerprint density at radius 2 is 1.63 bits per heavy atom. The number of thiazole rings is 1. The molecule has 2 aromatic carbocycles. The Morgan fingerprint density at radius 1 is 0.963 bits per heavy atom. The maximum absolute atomic E-state index is 4.88. The van der Waals surface area contributed by atoms with Crippen molar-refractivity contribution in [1.29, 1.82) is 0 Å². The van der Waals surface area contributed by atoms with Crippen LogP contribution >= 0.6 is 23.1 Å². The molecule has 0 unspecified atom stereocenters. The van der Waals surface area contributed by atoms with Crippen LogP contribution in [0.15, 0.2) is 65.0 Å². The number of thioether (sulfide) groups is 1. The molecule has 3 aromatic rings. The van der Waals surface area contributed by atoms with Gasteiger partial charge >= 0.3 is 0 Å². The highest BCUT2D eigenvalue weighted by Crippen LogP contribution is 2.26. The first-order chi connectivity index (χ1) is 13.2. The van der Waals surface area contributed by atoms with Gasteiger partial charge in [0.15, 0.2) is 4.80 Å². The summed E-state index contributed by atoms with van der Waals surface area (Å²) >= 11 is 3.75. The predicted molar refractivity (Wildman–Crippen MR) is 122 cm³/mol. The van der Waals surface area contributed by atoms with Crippen LogP contribution in [-0.4, -0.2) is 22.6 Å². The van der Waals surface area contributed by atoms with Gasteiger partial charge < -0.3 is 4.57 Å². The van der Waals surface area contributed by atoms with E-state index < -0.39 is 0 Å². The molecule has 2 nitrogen and oxygen atoms in total. The second-order valence-corrected chi connectivity index (χ2v) is 8.97. The first-order valence-corrected chi connectivity index (χ1v) is 11.7. The van der Waals surface area contributed by atoms with Crippen molar-refractivity contribution < 1.29 is 0 Å². The quantitative estimate of drug-likeness (QED) is 0.397. The van der Waals surface area contributed by atoms with Crippen LogP contribution in [0.2, 0.25) is 0 Å². The predicted octanol–water partition coefficient (Wildman–Crippen LogP) is 6.51. The molecule has 1 aromatic heterocycles. The van der Waals surface area contributed by atoms with Crippen molar-refractivity contribution in [3.05, 3.63) is 64.8 Å². The van der Waals surface area contributed by atoms with Crippen LogP contribution in [0.5, 0.6) is 0 Å². The van der Waals surface area contributed by atoms with Crippen LogP contribution < -0.4 is 4.80 Å². The zero-order chi connectivity index (χ0) is 19.1. The van der Waals surface area contributed by atoms with E-state index in [1.807, 2.05) is 11.8 Å². The van der Waals surface area contributed by atoms with Gasteiger partial charge in [-0.25, -0.2) is 0 Å². The number of aromatic nitrogens is 1. The topological polar surface area (TPSA) is 17.3 Å². The molecule has 0 atom stereocenters. The molecule has 0 aliphatic heterocycles. The number of hydrogen-bond acceptors (Lipinski definition) is 3. The van der Waals surface area contributed by atoms with Crippen LogP contribution in [0, 0.1) is 0 Å². The lowest BCUT2D eigenvalue weighted by Gasteiger charge is -2.13. The van der Waals surface area contributed by atoms with E-state index in [-0.39, 0.29) is 0 Å². The van der Waals surface area contributed by atoms with Gasteiger partial charge in [0, 0.05) is 18.0 Å². The molecular formula is C23H28N2S2. The summed E-state index contributed by atoms with van der Waals surface area (Å²) in [6.45, 7) is 7.59. The molecule has 142 valence electrons. The fraction of sp³-hybridized carbons (Fsp3) is 0.348. The molecule has 1 heterocycles. The van der Waals surface area contributed by atoms with Gasteiger partial charge in [-0.2, -0.15) is 11.8 Å². The third-order valence-corrected chi connectivity index (χ3v) is 6.31. The number of rotatable bonds is 8. The van der Waals surface area contributed by atoms with E-state index in [0.717, 1.165) is 17.8 Å². The van der Waals surface area contributed by atoms with Gasteiger partial charge in [0.25, 0.3) is 0 Å². The summed E-state index contributed by atoms with van der Waals surface area (Å²) in [4.78, 5) is 6.01. The summed E-state index contributed by atoms with van der Waals surface area (Å²) in [5.41, 5.74) is 5.02. The Kier molecular flexibility index (Phi) is 7.36. The third-order valence-electron chi connectivity index (χ3n) is 4.44. The van der Waals surface area contributed by atoms with Gasteiger partial charge in [-0.05, 0) is 48.5 Å². The van der Waals surface area contributed by atoms with Crippen molar-refractivity contribution in [2.75, 3.05) is 18.1 Å². The first kappa shape index (κ1) is 20.0. The van der Waals surface area contributed by atoms with E-state index in [1.54, 1.807) is 11.3 Å². The molecule has 0 radical (unpaired) electrons. The Morgan fingerprint density at radius 3 is 2.30 bits per heavy atom. The van der Waals surface area contributed by atoms with E-state index >= 15 is 0 Å². The van der Waals surface area contributed by atoms with Crippen molar-refractivity contribution in [1.82, 2.24) is 4.57 Å². The van der Waals surface area contributed by atoms with Crippen LogP contribution in [0.25, 0.3) is 22.4 Å². The van der Waals surface area contributed by atoms with E-state index in [9.17, 15) is 0 Å². The fourth-order valence-corrected chi connectivity index (χ4v) is 4.77.